The van der Waals surface area contributed by atoms with E-state index in [0.717, 1.165) is 24.4 Å². The van der Waals surface area contributed by atoms with Gasteiger partial charge in [-0.05, 0) is 38.3 Å². The fraction of sp³-hybridized carbons (Fsp3) is 0.500. The van der Waals surface area contributed by atoms with E-state index in [-0.39, 0.29) is 18.6 Å². The van der Waals surface area contributed by atoms with Gasteiger partial charge in [-0.2, -0.15) is 0 Å². The molecule has 18 heavy (non-hydrogen) atoms. The summed E-state index contributed by atoms with van der Waals surface area (Å²) in [6.07, 6.45) is 2.28. The maximum Gasteiger partial charge on any atom is 0.258 e. The number of aryl methyl sites for hydroxylation is 1. The summed E-state index contributed by atoms with van der Waals surface area (Å²) in [7, 11) is 0. The third-order valence-corrected chi connectivity index (χ3v) is 2.84. The predicted octanol–water partition coefficient (Wildman–Crippen LogP) is 1.95. The molecule has 1 aromatic rings. The van der Waals surface area contributed by atoms with E-state index in [1.54, 1.807) is 0 Å². The minimum absolute atomic E-state index is 0.0664. The van der Waals surface area contributed by atoms with Crippen LogP contribution >= 0.6 is 0 Å². The van der Waals surface area contributed by atoms with E-state index in [0.29, 0.717) is 0 Å². The fourth-order valence-electron chi connectivity index (χ4n) is 2.04. The lowest BCUT2D eigenvalue weighted by molar-refractivity contribution is -0.123. The molecule has 0 bridgehead atoms. The van der Waals surface area contributed by atoms with E-state index < -0.39 is 0 Å². The molecule has 2 N–H and O–H groups in total. The molecule has 1 aliphatic heterocycles. The first-order valence-electron chi connectivity index (χ1n) is 6.44. The van der Waals surface area contributed by atoms with Gasteiger partial charge in [-0.1, -0.05) is 6.07 Å². The zero-order chi connectivity index (χ0) is 13.0. The monoisotopic (exact) mass is 248 g/mol. The lowest BCUT2D eigenvalue weighted by Gasteiger charge is -2.18. The van der Waals surface area contributed by atoms with Crippen LogP contribution < -0.4 is 15.4 Å². The third-order valence-electron chi connectivity index (χ3n) is 2.84. The van der Waals surface area contributed by atoms with Gasteiger partial charge >= 0.3 is 0 Å². The normalized spacial score (nSPS) is 13.7. The van der Waals surface area contributed by atoms with E-state index >= 15 is 0 Å². The van der Waals surface area contributed by atoms with Crippen molar-refractivity contribution in [3.05, 3.63) is 23.8 Å². The minimum Gasteiger partial charge on any atom is -0.484 e. The van der Waals surface area contributed by atoms with Crippen LogP contribution in [0.15, 0.2) is 18.2 Å². The summed E-state index contributed by atoms with van der Waals surface area (Å²) >= 11 is 0. The van der Waals surface area contributed by atoms with Crippen molar-refractivity contribution >= 4 is 11.6 Å². The second kappa shape index (κ2) is 5.76. The molecule has 0 saturated carbocycles. The second-order valence-electron chi connectivity index (χ2n) is 4.86. The fourth-order valence-corrected chi connectivity index (χ4v) is 2.04. The van der Waals surface area contributed by atoms with Crippen molar-refractivity contribution in [3.8, 4) is 5.75 Å². The minimum atomic E-state index is -0.0873. The number of ether oxygens (including phenoxy) is 1. The maximum atomic E-state index is 11.5. The van der Waals surface area contributed by atoms with Crippen LogP contribution in [-0.4, -0.2) is 25.1 Å². The van der Waals surface area contributed by atoms with E-state index in [1.807, 2.05) is 26.0 Å². The summed E-state index contributed by atoms with van der Waals surface area (Å²) < 4.78 is 5.48. The Kier molecular flexibility index (Phi) is 4.07. The Balaban J connectivity index is 1.92. The molecule has 1 heterocycles. The van der Waals surface area contributed by atoms with Crippen molar-refractivity contribution in [2.75, 3.05) is 18.5 Å². The molecular formula is C14H20N2O2. The van der Waals surface area contributed by atoms with Gasteiger partial charge in [-0.3, -0.25) is 4.79 Å². The zero-order valence-electron chi connectivity index (χ0n) is 11.0. The molecule has 0 fully saturated rings. The van der Waals surface area contributed by atoms with Crippen LogP contribution in [0.3, 0.4) is 0 Å². The Labute approximate surface area is 108 Å². The van der Waals surface area contributed by atoms with Crippen molar-refractivity contribution < 1.29 is 9.53 Å². The van der Waals surface area contributed by atoms with E-state index in [4.69, 9.17) is 4.74 Å². The van der Waals surface area contributed by atoms with Crippen molar-refractivity contribution in [1.29, 1.82) is 0 Å². The lowest BCUT2D eigenvalue weighted by Crippen LogP contribution is -2.34. The number of fused-ring (bicyclic) bond motifs is 1. The van der Waals surface area contributed by atoms with Gasteiger partial charge in [0.05, 0.1) is 0 Å². The first-order valence-corrected chi connectivity index (χ1v) is 6.44. The summed E-state index contributed by atoms with van der Waals surface area (Å²) in [6.45, 7) is 4.93. The Morgan fingerprint density at radius 2 is 2.33 bits per heavy atom. The van der Waals surface area contributed by atoms with Crippen molar-refractivity contribution in [3.63, 3.8) is 0 Å². The van der Waals surface area contributed by atoms with Gasteiger partial charge in [0.1, 0.15) is 5.75 Å². The van der Waals surface area contributed by atoms with Crippen LogP contribution in [0.4, 0.5) is 5.69 Å². The number of benzene rings is 1. The molecule has 0 spiro atoms. The van der Waals surface area contributed by atoms with Crippen LogP contribution in [0.2, 0.25) is 0 Å². The quantitative estimate of drug-likeness (QED) is 0.856. The Morgan fingerprint density at radius 3 is 3.11 bits per heavy atom. The van der Waals surface area contributed by atoms with Gasteiger partial charge in [-0.15, -0.1) is 0 Å². The number of anilines is 1. The van der Waals surface area contributed by atoms with Crippen LogP contribution in [0.1, 0.15) is 25.8 Å². The molecule has 1 aromatic carbocycles. The molecule has 2 rings (SSSR count). The summed E-state index contributed by atoms with van der Waals surface area (Å²) in [5.74, 6) is 0.651. The van der Waals surface area contributed by atoms with Crippen molar-refractivity contribution in [1.82, 2.24) is 5.32 Å². The molecule has 0 atom stereocenters. The molecule has 0 unspecified atom stereocenters. The van der Waals surface area contributed by atoms with Crippen LogP contribution in [-0.2, 0) is 11.2 Å². The maximum absolute atomic E-state index is 11.5. The average Bonchev–Trinajstić information content (AvgIpc) is 2.35. The Morgan fingerprint density at radius 1 is 1.50 bits per heavy atom. The number of hydrogen-bond acceptors (Lipinski definition) is 3. The number of carbonyl (C=O) groups excluding carboxylic acids is 1. The number of nitrogens with one attached hydrogen (secondary N) is 2. The smallest absolute Gasteiger partial charge is 0.258 e. The standard InChI is InChI=1S/C14H20N2O2/c1-10(2)16-14(17)9-18-12-6-5-11-4-3-7-15-13(11)8-12/h5-6,8,10,15H,3-4,7,9H2,1-2H3,(H,16,17). The molecule has 4 heteroatoms. The molecular weight excluding hydrogens is 228 g/mol. The van der Waals surface area contributed by atoms with Crippen LogP contribution in [0, 0.1) is 0 Å². The highest BCUT2D eigenvalue weighted by Gasteiger charge is 2.10. The summed E-state index contributed by atoms with van der Waals surface area (Å²) in [4.78, 5) is 11.5. The number of hydrogen-bond donors (Lipinski definition) is 2. The predicted molar refractivity (Wildman–Crippen MR) is 72.0 cm³/mol. The summed E-state index contributed by atoms with van der Waals surface area (Å²) in [6, 6.07) is 6.11. The first-order chi connectivity index (χ1) is 8.65. The molecule has 4 nitrogen and oxygen atoms in total. The van der Waals surface area contributed by atoms with Gasteiger partial charge in [0.25, 0.3) is 5.91 Å². The van der Waals surface area contributed by atoms with Crippen molar-refractivity contribution in [2.24, 2.45) is 0 Å². The summed E-state index contributed by atoms with van der Waals surface area (Å²) in [5.41, 5.74) is 2.45. The molecule has 0 saturated heterocycles. The van der Waals surface area contributed by atoms with E-state index in [2.05, 4.69) is 16.7 Å². The highest BCUT2D eigenvalue weighted by Crippen LogP contribution is 2.26. The van der Waals surface area contributed by atoms with Gasteiger partial charge in [0.15, 0.2) is 6.61 Å². The molecule has 0 aliphatic carbocycles. The molecule has 1 aliphatic rings. The van der Waals surface area contributed by atoms with E-state index in [9.17, 15) is 4.79 Å². The van der Waals surface area contributed by atoms with Gasteiger partial charge in [0, 0.05) is 24.3 Å². The molecule has 0 radical (unpaired) electrons. The van der Waals surface area contributed by atoms with Crippen LogP contribution in [0.5, 0.6) is 5.75 Å². The molecule has 0 aromatic heterocycles. The van der Waals surface area contributed by atoms with Crippen molar-refractivity contribution in [2.45, 2.75) is 32.7 Å². The molecule has 98 valence electrons. The number of amides is 1. The zero-order valence-corrected chi connectivity index (χ0v) is 11.0. The topological polar surface area (TPSA) is 50.4 Å². The second-order valence-corrected chi connectivity index (χ2v) is 4.86. The van der Waals surface area contributed by atoms with Gasteiger partial charge in [-0.25, -0.2) is 0 Å². The molecule has 1 amide bonds. The number of carbonyl (C=O) groups is 1. The first kappa shape index (κ1) is 12.7. The lowest BCUT2D eigenvalue weighted by atomic mass is 10.0. The summed E-state index contributed by atoms with van der Waals surface area (Å²) in [5, 5.41) is 6.14. The van der Waals surface area contributed by atoms with Gasteiger partial charge < -0.3 is 15.4 Å². The van der Waals surface area contributed by atoms with Crippen LogP contribution in [0.25, 0.3) is 0 Å². The third kappa shape index (κ3) is 3.39. The average molecular weight is 248 g/mol. The van der Waals surface area contributed by atoms with Gasteiger partial charge in [0.2, 0.25) is 0 Å². The van der Waals surface area contributed by atoms with E-state index in [1.165, 1.54) is 12.0 Å². The SMILES string of the molecule is CC(C)NC(=O)COc1ccc2c(c1)NCCC2. The largest absolute Gasteiger partial charge is 0.484 e. The highest BCUT2D eigenvalue weighted by molar-refractivity contribution is 5.77. The highest BCUT2D eigenvalue weighted by atomic mass is 16.5. The Hall–Kier alpha value is -1.71. The number of rotatable bonds is 4. The Bertz CT molecular complexity index is 430.